The van der Waals surface area contributed by atoms with E-state index in [1.165, 1.54) is 43.5 Å². The molecular formula is C58H38N8-2. The lowest BCUT2D eigenvalue weighted by Gasteiger charge is -2.31. The Labute approximate surface area is 381 Å². The monoisotopic (exact) mass is 846 g/mol. The van der Waals surface area contributed by atoms with Crippen LogP contribution in [0.4, 0.5) is 0 Å². The van der Waals surface area contributed by atoms with Crippen molar-refractivity contribution in [1.82, 2.24) is 29.9 Å². The summed E-state index contributed by atoms with van der Waals surface area (Å²) in [4.78, 5) is 27.5. The summed E-state index contributed by atoms with van der Waals surface area (Å²) in [5, 5.41) is 17.1. The normalized spacial score (nSPS) is 13.6. The van der Waals surface area contributed by atoms with Gasteiger partial charge in [-0.3, -0.25) is 29.9 Å². The fraction of sp³-hybridized carbons (Fsp3) is 0.0345. The minimum Gasteiger partial charge on any atom is -0.680 e. The average Bonchev–Trinajstić information content (AvgIpc) is 3.41. The van der Waals surface area contributed by atoms with Gasteiger partial charge in [-0.1, -0.05) is 96.6 Å². The van der Waals surface area contributed by atoms with Gasteiger partial charge < -0.3 is 10.6 Å². The molecule has 0 bridgehead atoms. The Morgan fingerprint density at radius 2 is 0.742 bits per heavy atom. The van der Waals surface area contributed by atoms with Gasteiger partial charge in [0.2, 0.25) is 0 Å². The highest BCUT2D eigenvalue weighted by Gasteiger charge is 2.14. The minimum atomic E-state index is 0.580. The summed E-state index contributed by atoms with van der Waals surface area (Å²) >= 11 is 0. The van der Waals surface area contributed by atoms with Gasteiger partial charge >= 0.3 is 0 Å². The van der Waals surface area contributed by atoms with Crippen LogP contribution in [0.15, 0.2) is 207 Å². The third-order valence-electron chi connectivity index (χ3n) is 12.4. The lowest BCUT2D eigenvalue weighted by Crippen LogP contribution is -2.01. The fourth-order valence-electron chi connectivity index (χ4n) is 8.91. The molecule has 0 spiro atoms. The highest BCUT2D eigenvalue weighted by Crippen LogP contribution is 2.40. The van der Waals surface area contributed by atoms with Gasteiger partial charge in [0.1, 0.15) is 0 Å². The second-order valence-electron chi connectivity index (χ2n) is 16.4. The van der Waals surface area contributed by atoms with E-state index in [4.69, 9.17) is 25.6 Å². The molecule has 0 aliphatic carbocycles. The van der Waals surface area contributed by atoms with Gasteiger partial charge in [0, 0.05) is 71.8 Å². The zero-order valence-corrected chi connectivity index (χ0v) is 35.6. The molecular weight excluding hydrogens is 809 g/mol. The Morgan fingerprint density at radius 1 is 0.303 bits per heavy atom. The summed E-state index contributed by atoms with van der Waals surface area (Å²) in [5.41, 5.74) is 15.9. The molecule has 8 nitrogen and oxygen atoms in total. The Kier molecular flexibility index (Phi) is 9.79. The van der Waals surface area contributed by atoms with Crippen molar-refractivity contribution in [3.05, 3.63) is 240 Å². The van der Waals surface area contributed by atoms with Crippen LogP contribution in [0.5, 0.6) is 0 Å². The molecule has 0 amide bonds. The van der Waals surface area contributed by atoms with E-state index in [1.807, 2.05) is 85.7 Å². The number of hydrogen-bond acceptors (Lipinski definition) is 6. The van der Waals surface area contributed by atoms with Crippen molar-refractivity contribution in [1.29, 1.82) is 0 Å². The molecule has 0 radical (unpaired) electrons. The summed E-state index contributed by atoms with van der Waals surface area (Å²) in [6.07, 6.45) is 23.2. The van der Waals surface area contributed by atoms with Gasteiger partial charge in [0.15, 0.2) is 0 Å². The number of fused-ring (bicyclic) bond motifs is 6. The molecule has 8 heteroatoms. The first-order valence-electron chi connectivity index (χ1n) is 21.9. The number of hydrogen-bond donors (Lipinski definition) is 0. The lowest BCUT2D eigenvalue weighted by atomic mass is 9.90. The summed E-state index contributed by atoms with van der Waals surface area (Å²) in [5.74, 6) is 0. The number of aromatic nitrogens is 6. The molecule has 0 fully saturated rings. The van der Waals surface area contributed by atoms with Crippen LogP contribution in [-0.4, -0.2) is 43.0 Å². The molecule has 0 atom stereocenters. The molecule has 2 aliphatic rings. The SMILES string of the molecule is C1=C(c2ccc3c4ccc(-c5ccc(-c6ccc(-c7ccc(-c8cccnc8)nc7)nc6)nc5)cc4c4ccccc4c3c2)C[N-]C(c2ccc(C3=CC=C(c4cccnc4)[N-]C3)nc2)=C1. The molecule has 66 heavy (non-hydrogen) atoms. The Balaban J connectivity index is 0.774. The van der Waals surface area contributed by atoms with Crippen molar-refractivity contribution in [3.63, 3.8) is 0 Å². The first kappa shape index (κ1) is 38.8. The summed E-state index contributed by atoms with van der Waals surface area (Å²) < 4.78 is 0. The Bertz CT molecular complexity index is 3560. The number of nitrogens with zero attached hydrogens (tertiary/aromatic N) is 8. The van der Waals surface area contributed by atoms with Gasteiger partial charge in [-0.15, -0.1) is 24.5 Å². The third-order valence-corrected chi connectivity index (χ3v) is 12.4. The van der Waals surface area contributed by atoms with E-state index in [-0.39, 0.29) is 0 Å². The summed E-state index contributed by atoms with van der Waals surface area (Å²) in [7, 11) is 0. The topological polar surface area (TPSA) is 106 Å². The predicted molar refractivity (Wildman–Crippen MR) is 269 cm³/mol. The molecule has 12 rings (SSSR count). The van der Waals surface area contributed by atoms with Gasteiger partial charge in [0.25, 0.3) is 0 Å². The zero-order chi connectivity index (χ0) is 43.8. The van der Waals surface area contributed by atoms with Crippen LogP contribution in [0.2, 0.25) is 0 Å². The molecule has 0 saturated carbocycles. The second-order valence-corrected chi connectivity index (χ2v) is 16.4. The van der Waals surface area contributed by atoms with Crippen LogP contribution in [0.3, 0.4) is 0 Å². The molecule has 8 heterocycles. The van der Waals surface area contributed by atoms with E-state index in [0.29, 0.717) is 13.1 Å². The Morgan fingerprint density at radius 3 is 1.26 bits per heavy atom. The van der Waals surface area contributed by atoms with E-state index in [9.17, 15) is 0 Å². The smallest absolute Gasteiger partial charge is 0.0717 e. The van der Waals surface area contributed by atoms with Crippen molar-refractivity contribution in [2.24, 2.45) is 0 Å². The van der Waals surface area contributed by atoms with E-state index in [0.717, 1.165) is 78.7 Å². The van der Waals surface area contributed by atoms with Gasteiger partial charge in [0.05, 0.1) is 22.8 Å². The van der Waals surface area contributed by atoms with Crippen molar-refractivity contribution in [2.75, 3.05) is 13.1 Å². The van der Waals surface area contributed by atoms with Gasteiger partial charge in [-0.25, -0.2) is 0 Å². The van der Waals surface area contributed by atoms with E-state index in [1.54, 1.807) is 12.4 Å². The molecule has 0 unspecified atom stereocenters. The summed E-state index contributed by atoms with van der Waals surface area (Å²) in [6, 6.07) is 46.7. The molecule has 0 saturated heterocycles. The number of rotatable bonds is 8. The minimum absolute atomic E-state index is 0.580. The first-order chi connectivity index (χ1) is 32.7. The van der Waals surface area contributed by atoms with E-state index >= 15 is 0 Å². The van der Waals surface area contributed by atoms with Crippen molar-refractivity contribution >= 4 is 54.9 Å². The maximum absolute atomic E-state index is 5.01. The largest absolute Gasteiger partial charge is 0.680 e. The molecule has 6 aromatic heterocycles. The first-order valence-corrected chi connectivity index (χ1v) is 21.9. The molecule has 10 aromatic rings. The quantitative estimate of drug-likeness (QED) is 0.141. The van der Waals surface area contributed by atoms with Crippen LogP contribution in [0.1, 0.15) is 22.4 Å². The highest BCUT2D eigenvalue weighted by atomic mass is 14.9. The summed E-state index contributed by atoms with van der Waals surface area (Å²) in [6.45, 7) is 1.17. The van der Waals surface area contributed by atoms with Crippen LogP contribution in [0, 0.1) is 0 Å². The molecule has 2 aliphatic heterocycles. The number of pyridine rings is 6. The third kappa shape index (κ3) is 7.36. The molecule has 4 aromatic carbocycles. The maximum atomic E-state index is 5.01. The number of benzene rings is 4. The highest BCUT2D eigenvalue weighted by molar-refractivity contribution is 6.26. The molecule has 312 valence electrons. The standard InChI is InChI=1S/C58H38N8/c1-2-8-48-47(7-1)51-27-37(39-11-19-55(61-31-39)43-15-23-57(65-35-43)45-13-21-53(63-33-45)41-5-3-25-59-29-41)9-17-49(51)50-18-10-38(28-52(48)50)40-12-20-56(62-32-40)44-16-24-58(66-36-44)46-14-22-54(64-34-46)42-6-4-26-60-30-42/h1-31,33,35-36H,32,34H2/q-2. The fourth-order valence-corrected chi connectivity index (χ4v) is 8.91. The van der Waals surface area contributed by atoms with Crippen LogP contribution in [-0.2, 0) is 0 Å². The van der Waals surface area contributed by atoms with Crippen LogP contribution in [0.25, 0.3) is 110 Å². The van der Waals surface area contributed by atoms with Gasteiger partial charge in [-0.2, -0.15) is 0 Å². The van der Waals surface area contributed by atoms with Crippen molar-refractivity contribution in [2.45, 2.75) is 0 Å². The second kappa shape index (κ2) is 16.7. The average molecular weight is 847 g/mol. The van der Waals surface area contributed by atoms with Crippen molar-refractivity contribution in [3.8, 4) is 44.9 Å². The molecule has 0 N–H and O–H groups in total. The van der Waals surface area contributed by atoms with Crippen LogP contribution < -0.4 is 0 Å². The van der Waals surface area contributed by atoms with Crippen molar-refractivity contribution < 1.29 is 0 Å². The zero-order valence-electron chi connectivity index (χ0n) is 35.6. The van der Waals surface area contributed by atoms with E-state index in [2.05, 4.69) is 124 Å². The predicted octanol–water partition coefficient (Wildman–Crippen LogP) is 13.8. The van der Waals surface area contributed by atoms with E-state index < -0.39 is 0 Å². The number of allylic oxidation sites excluding steroid dienone is 4. The lowest BCUT2D eigenvalue weighted by molar-refractivity contribution is 1.22. The Hall–Kier alpha value is -8.88. The maximum Gasteiger partial charge on any atom is 0.0717 e. The van der Waals surface area contributed by atoms with Gasteiger partial charge in [-0.05, 0) is 127 Å². The van der Waals surface area contributed by atoms with Crippen LogP contribution >= 0.6 is 0 Å².